The Balaban J connectivity index is 0.00000324. The molecule has 1 rings (SSSR count). The number of nitrogens with two attached hydrogens (primary N) is 1. The van der Waals surface area contributed by atoms with Gasteiger partial charge in [-0.05, 0) is 31.0 Å². The molecule has 1 aromatic rings. The summed E-state index contributed by atoms with van der Waals surface area (Å²) >= 11 is 0. The third-order valence-electron chi connectivity index (χ3n) is 2.55. The molecule has 0 aliphatic heterocycles. The van der Waals surface area contributed by atoms with Crippen molar-refractivity contribution in [2.75, 3.05) is 6.61 Å². The van der Waals surface area contributed by atoms with Crippen molar-refractivity contribution in [3.05, 3.63) is 29.8 Å². The first-order chi connectivity index (χ1) is 8.63. The molecular formula is C14H23ClN2O2. The molecule has 1 atom stereocenters. The highest BCUT2D eigenvalue weighted by Gasteiger charge is 2.06. The highest BCUT2D eigenvalue weighted by molar-refractivity contribution is 5.85. The molecule has 1 aromatic carbocycles. The van der Waals surface area contributed by atoms with Crippen molar-refractivity contribution in [2.45, 2.75) is 39.3 Å². The molecule has 0 saturated heterocycles. The molecule has 0 bridgehead atoms. The molecule has 0 aliphatic rings. The zero-order valence-corrected chi connectivity index (χ0v) is 12.3. The van der Waals surface area contributed by atoms with Crippen molar-refractivity contribution in [3.8, 4) is 5.75 Å². The maximum atomic E-state index is 11.3. The average molecular weight is 287 g/mol. The van der Waals surface area contributed by atoms with Gasteiger partial charge in [0.05, 0.1) is 12.6 Å². The van der Waals surface area contributed by atoms with Crippen LogP contribution in [0.5, 0.6) is 5.75 Å². The van der Waals surface area contributed by atoms with Crippen LogP contribution < -0.4 is 15.8 Å². The standard InChI is InChI=1S/C14H22N2O2.ClH/c1-3-4-8-18-13-7-5-6-12(9-13)10-16-14(17)11(2)15;/h5-7,9,11H,3-4,8,10,15H2,1-2H3,(H,16,17);1H. The van der Waals surface area contributed by atoms with E-state index in [0.29, 0.717) is 6.54 Å². The van der Waals surface area contributed by atoms with Gasteiger partial charge in [0, 0.05) is 6.54 Å². The number of nitrogens with one attached hydrogen (secondary N) is 1. The summed E-state index contributed by atoms with van der Waals surface area (Å²) in [6, 6.07) is 7.26. The van der Waals surface area contributed by atoms with Gasteiger partial charge in [-0.2, -0.15) is 0 Å². The number of carbonyl (C=O) groups is 1. The Morgan fingerprint density at radius 1 is 1.47 bits per heavy atom. The van der Waals surface area contributed by atoms with Crippen LogP contribution >= 0.6 is 12.4 Å². The van der Waals surface area contributed by atoms with Crippen LogP contribution in [-0.4, -0.2) is 18.6 Å². The number of hydrogen-bond acceptors (Lipinski definition) is 3. The van der Waals surface area contributed by atoms with E-state index in [1.807, 2.05) is 24.3 Å². The molecule has 3 N–H and O–H groups in total. The van der Waals surface area contributed by atoms with Crippen LogP contribution in [0.4, 0.5) is 0 Å². The number of unbranched alkanes of at least 4 members (excludes halogenated alkanes) is 1. The Kier molecular flexibility index (Phi) is 9.00. The van der Waals surface area contributed by atoms with E-state index in [4.69, 9.17) is 10.5 Å². The molecule has 0 heterocycles. The van der Waals surface area contributed by atoms with E-state index in [0.717, 1.165) is 30.8 Å². The number of carbonyl (C=O) groups excluding carboxylic acids is 1. The zero-order chi connectivity index (χ0) is 13.4. The van der Waals surface area contributed by atoms with Gasteiger partial charge in [0.2, 0.25) is 5.91 Å². The summed E-state index contributed by atoms with van der Waals surface area (Å²) in [4.78, 5) is 11.3. The molecule has 19 heavy (non-hydrogen) atoms. The monoisotopic (exact) mass is 286 g/mol. The maximum Gasteiger partial charge on any atom is 0.236 e. The maximum absolute atomic E-state index is 11.3. The van der Waals surface area contributed by atoms with Gasteiger partial charge >= 0.3 is 0 Å². The fourth-order valence-electron chi connectivity index (χ4n) is 1.43. The normalized spacial score (nSPS) is 11.3. The van der Waals surface area contributed by atoms with Crippen molar-refractivity contribution in [3.63, 3.8) is 0 Å². The van der Waals surface area contributed by atoms with Crippen molar-refractivity contribution in [1.82, 2.24) is 5.32 Å². The Hall–Kier alpha value is -1.26. The summed E-state index contributed by atoms with van der Waals surface area (Å²) in [5.41, 5.74) is 6.49. The Morgan fingerprint density at radius 2 is 2.21 bits per heavy atom. The van der Waals surface area contributed by atoms with Gasteiger partial charge in [0.25, 0.3) is 0 Å². The van der Waals surface area contributed by atoms with Gasteiger partial charge in [0.1, 0.15) is 5.75 Å². The SMILES string of the molecule is CCCCOc1cccc(CNC(=O)C(C)N)c1.Cl. The van der Waals surface area contributed by atoms with Crippen LogP contribution in [0.2, 0.25) is 0 Å². The van der Waals surface area contributed by atoms with Gasteiger partial charge in [-0.1, -0.05) is 25.5 Å². The lowest BCUT2D eigenvalue weighted by Crippen LogP contribution is -2.37. The first-order valence-corrected chi connectivity index (χ1v) is 6.38. The Morgan fingerprint density at radius 3 is 2.84 bits per heavy atom. The van der Waals surface area contributed by atoms with Gasteiger partial charge in [-0.25, -0.2) is 0 Å². The molecular weight excluding hydrogens is 264 g/mol. The minimum atomic E-state index is -0.478. The predicted octanol–water partition coefficient (Wildman–Crippen LogP) is 2.25. The number of rotatable bonds is 7. The third kappa shape index (κ3) is 7.03. The van der Waals surface area contributed by atoms with E-state index in [9.17, 15) is 4.79 Å². The molecule has 0 saturated carbocycles. The first kappa shape index (κ1) is 17.7. The van der Waals surface area contributed by atoms with Gasteiger partial charge in [-0.3, -0.25) is 4.79 Å². The second kappa shape index (κ2) is 9.64. The van der Waals surface area contributed by atoms with Crippen LogP contribution in [0.1, 0.15) is 32.3 Å². The van der Waals surface area contributed by atoms with Crippen LogP contribution in [-0.2, 0) is 11.3 Å². The number of hydrogen-bond donors (Lipinski definition) is 2. The minimum absolute atomic E-state index is 0. The van der Waals surface area contributed by atoms with E-state index >= 15 is 0 Å². The molecule has 0 fully saturated rings. The van der Waals surface area contributed by atoms with E-state index in [2.05, 4.69) is 12.2 Å². The summed E-state index contributed by atoms with van der Waals surface area (Å²) in [7, 11) is 0. The highest BCUT2D eigenvalue weighted by atomic mass is 35.5. The van der Waals surface area contributed by atoms with E-state index in [1.165, 1.54) is 0 Å². The summed E-state index contributed by atoms with van der Waals surface area (Å²) in [6.07, 6.45) is 2.16. The molecule has 1 unspecified atom stereocenters. The molecule has 4 nitrogen and oxygen atoms in total. The second-order valence-electron chi connectivity index (χ2n) is 4.36. The van der Waals surface area contributed by atoms with Gasteiger partial charge in [-0.15, -0.1) is 12.4 Å². The fraction of sp³-hybridized carbons (Fsp3) is 0.500. The molecule has 1 amide bonds. The van der Waals surface area contributed by atoms with Crippen LogP contribution in [0.3, 0.4) is 0 Å². The van der Waals surface area contributed by atoms with Crippen LogP contribution in [0.15, 0.2) is 24.3 Å². The van der Waals surface area contributed by atoms with Gasteiger partial charge in [0.15, 0.2) is 0 Å². The smallest absolute Gasteiger partial charge is 0.236 e. The quantitative estimate of drug-likeness (QED) is 0.756. The van der Waals surface area contributed by atoms with Crippen LogP contribution in [0, 0.1) is 0 Å². The third-order valence-corrected chi connectivity index (χ3v) is 2.55. The summed E-state index contributed by atoms with van der Waals surface area (Å²) in [5, 5.41) is 2.77. The van der Waals surface area contributed by atoms with E-state index in [1.54, 1.807) is 6.92 Å². The number of benzene rings is 1. The summed E-state index contributed by atoms with van der Waals surface area (Å²) in [6.45, 7) is 5.00. The number of amides is 1. The Labute approximate surface area is 121 Å². The first-order valence-electron chi connectivity index (χ1n) is 6.38. The Bertz CT molecular complexity index is 383. The largest absolute Gasteiger partial charge is 0.494 e. The molecule has 0 aromatic heterocycles. The van der Waals surface area contributed by atoms with Crippen molar-refractivity contribution in [1.29, 1.82) is 0 Å². The van der Waals surface area contributed by atoms with Crippen molar-refractivity contribution < 1.29 is 9.53 Å². The molecule has 108 valence electrons. The number of ether oxygens (including phenoxy) is 1. The fourth-order valence-corrected chi connectivity index (χ4v) is 1.43. The highest BCUT2D eigenvalue weighted by Crippen LogP contribution is 2.13. The van der Waals surface area contributed by atoms with Crippen molar-refractivity contribution in [2.24, 2.45) is 5.73 Å². The zero-order valence-electron chi connectivity index (χ0n) is 11.5. The van der Waals surface area contributed by atoms with Crippen molar-refractivity contribution >= 4 is 18.3 Å². The lowest BCUT2D eigenvalue weighted by atomic mass is 10.2. The van der Waals surface area contributed by atoms with Crippen LogP contribution in [0.25, 0.3) is 0 Å². The molecule has 0 radical (unpaired) electrons. The van der Waals surface area contributed by atoms with Gasteiger partial charge < -0.3 is 15.8 Å². The summed E-state index contributed by atoms with van der Waals surface area (Å²) < 4.78 is 5.60. The topological polar surface area (TPSA) is 64.3 Å². The lowest BCUT2D eigenvalue weighted by molar-refractivity contribution is -0.122. The summed E-state index contributed by atoms with van der Waals surface area (Å²) in [5.74, 6) is 0.698. The van der Waals surface area contributed by atoms with E-state index < -0.39 is 6.04 Å². The molecule has 0 spiro atoms. The van der Waals surface area contributed by atoms with E-state index in [-0.39, 0.29) is 18.3 Å². The molecule has 5 heteroatoms. The average Bonchev–Trinajstić information content (AvgIpc) is 2.36. The lowest BCUT2D eigenvalue weighted by Gasteiger charge is -2.10. The number of halogens is 1. The second-order valence-corrected chi connectivity index (χ2v) is 4.36. The minimum Gasteiger partial charge on any atom is -0.494 e. The predicted molar refractivity (Wildman–Crippen MR) is 79.6 cm³/mol. The molecule has 0 aliphatic carbocycles.